The van der Waals surface area contributed by atoms with Crippen LogP contribution >= 0.6 is 11.6 Å². The van der Waals surface area contributed by atoms with Gasteiger partial charge in [0.15, 0.2) is 5.96 Å². The van der Waals surface area contributed by atoms with Crippen LogP contribution in [0.25, 0.3) is 0 Å². The van der Waals surface area contributed by atoms with Gasteiger partial charge in [-0.05, 0) is 25.0 Å². The molecular weight excluding hydrogens is 222 g/mol. The highest BCUT2D eigenvalue weighted by atomic mass is 35.5. The second-order valence-corrected chi connectivity index (χ2v) is 4.06. The van der Waals surface area contributed by atoms with Crippen molar-refractivity contribution < 1.29 is 0 Å². The van der Waals surface area contributed by atoms with E-state index >= 15 is 0 Å². The van der Waals surface area contributed by atoms with Crippen molar-refractivity contribution in [2.24, 2.45) is 10.7 Å². The molecule has 0 saturated carbocycles. The van der Waals surface area contributed by atoms with Crippen molar-refractivity contribution in [2.75, 3.05) is 6.54 Å². The van der Waals surface area contributed by atoms with Gasteiger partial charge in [-0.1, -0.05) is 36.7 Å². The molecule has 0 heterocycles. The van der Waals surface area contributed by atoms with Crippen LogP contribution < -0.4 is 11.1 Å². The fourth-order valence-electron chi connectivity index (χ4n) is 1.40. The fraction of sp³-hybridized carbons (Fsp3) is 0.417. The number of nitrogens with two attached hydrogens (primary N) is 1. The van der Waals surface area contributed by atoms with Gasteiger partial charge >= 0.3 is 0 Å². The van der Waals surface area contributed by atoms with Crippen molar-refractivity contribution >= 4 is 17.6 Å². The topological polar surface area (TPSA) is 50.4 Å². The molecule has 0 saturated heterocycles. The first-order chi connectivity index (χ1) is 7.65. The van der Waals surface area contributed by atoms with Crippen molar-refractivity contribution in [3.8, 4) is 0 Å². The zero-order valence-electron chi connectivity index (χ0n) is 9.70. The number of guanidine groups is 1. The van der Waals surface area contributed by atoms with Crippen LogP contribution in [0.4, 0.5) is 0 Å². The first-order valence-corrected chi connectivity index (χ1v) is 5.83. The number of benzene rings is 1. The number of nitrogens with zero attached hydrogens (tertiary/aromatic N) is 1. The predicted octanol–water partition coefficient (Wildman–Crippen LogP) is 2.72. The standard InChI is InChI=1S/C12H18ClN3/c1-3-8-15-12(14)16-9(2)10-6-4-5-7-11(10)13/h4-7,9H,3,8H2,1-2H3,(H3,14,15,16). The molecule has 0 bridgehead atoms. The van der Waals surface area contributed by atoms with Crippen molar-refractivity contribution in [3.05, 3.63) is 34.9 Å². The molecule has 1 atom stereocenters. The van der Waals surface area contributed by atoms with Crippen LogP contribution in [0.15, 0.2) is 29.3 Å². The molecule has 1 unspecified atom stereocenters. The van der Waals surface area contributed by atoms with Crippen LogP contribution in [0.5, 0.6) is 0 Å². The lowest BCUT2D eigenvalue weighted by molar-refractivity contribution is 0.707. The first kappa shape index (κ1) is 12.8. The zero-order chi connectivity index (χ0) is 12.0. The van der Waals surface area contributed by atoms with Crippen LogP contribution in [0.3, 0.4) is 0 Å². The van der Waals surface area contributed by atoms with Crippen molar-refractivity contribution in [3.63, 3.8) is 0 Å². The van der Waals surface area contributed by atoms with E-state index < -0.39 is 0 Å². The number of halogens is 1. The van der Waals surface area contributed by atoms with Gasteiger partial charge in [0, 0.05) is 11.6 Å². The van der Waals surface area contributed by atoms with Crippen LogP contribution in [0, 0.1) is 0 Å². The third-order valence-electron chi connectivity index (χ3n) is 2.24. The molecule has 3 N–H and O–H groups in total. The first-order valence-electron chi connectivity index (χ1n) is 5.46. The van der Waals surface area contributed by atoms with Crippen LogP contribution in [0.2, 0.25) is 5.02 Å². The maximum Gasteiger partial charge on any atom is 0.189 e. The molecular formula is C12H18ClN3. The molecule has 0 spiro atoms. The Hall–Kier alpha value is -1.22. The fourth-order valence-corrected chi connectivity index (χ4v) is 1.70. The van der Waals surface area contributed by atoms with Gasteiger partial charge in [0.25, 0.3) is 0 Å². The van der Waals surface area contributed by atoms with Gasteiger partial charge < -0.3 is 11.1 Å². The number of nitrogens with one attached hydrogen (secondary N) is 1. The van der Waals surface area contributed by atoms with Crippen LogP contribution in [-0.2, 0) is 0 Å². The van der Waals surface area contributed by atoms with Gasteiger partial charge in [0.05, 0.1) is 6.04 Å². The van der Waals surface area contributed by atoms with Gasteiger partial charge in [-0.3, -0.25) is 4.99 Å². The molecule has 0 radical (unpaired) electrons. The molecule has 0 aliphatic rings. The summed E-state index contributed by atoms with van der Waals surface area (Å²) in [5.41, 5.74) is 6.77. The smallest absolute Gasteiger partial charge is 0.189 e. The Labute approximate surface area is 102 Å². The Balaban J connectivity index is 2.65. The van der Waals surface area contributed by atoms with Gasteiger partial charge in [-0.25, -0.2) is 0 Å². The van der Waals surface area contributed by atoms with Crippen molar-refractivity contribution in [2.45, 2.75) is 26.3 Å². The Kier molecular flexibility index (Phi) is 5.12. The quantitative estimate of drug-likeness (QED) is 0.627. The number of hydrogen-bond donors (Lipinski definition) is 2. The summed E-state index contributed by atoms with van der Waals surface area (Å²) in [5.74, 6) is 0.467. The van der Waals surface area contributed by atoms with E-state index in [0.717, 1.165) is 23.6 Å². The lowest BCUT2D eigenvalue weighted by Gasteiger charge is -2.16. The molecule has 0 aromatic heterocycles. The summed E-state index contributed by atoms with van der Waals surface area (Å²) < 4.78 is 0. The van der Waals surface area contributed by atoms with E-state index in [1.54, 1.807) is 0 Å². The highest BCUT2D eigenvalue weighted by molar-refractivity contribution is 6.31. The number of hydrogen-bond acceptors (Lipinski definition) is 1. The highest BCUT2D eigenvalue weighted by Gasteiger charge is 2.08. The van der Waals surface area contributed by atoms with E-state index in [0.29, 0.717) is 5.96 Å². The average molecular weight is 240 g/mol. The largest absolute Gasteiger partial charge is 0.370 e. The third-order valence-corrected chi connectivity index (χ3v) is 2.59. The Bertz CT molecular complexity index is 363. The zero-order valence-corrected chi connectivity index (χ0v) is 10.5. The molecule has 3 nitrogen and oxygen atoms in total. The van der Waals surface area contributed by atoms with E-state index in [-0.39, 0.29) is 6.04 Å². The molecule has 0 aliphatic carbocycles. The third kappa shape index (κ3) is 3.74. The highest BCUT2D eigenvalue weighted by Crippen LogP contribution is 2.21. The van der Waals surface area contributed by atoms with Crippen LogP contribution in [0.1, 0.15) is 31.9 Å². The maximum atomic E-state index is 6.09. The van der Waals surface area contributed by atoms with Gasteiger partial charge in [-0.2, -0.15) is 0 Å². The molecule has 4 heteroatoms. The molecule has 0 aliphatic heterocycles. The summed E-state index contributed by atoms with van der Waals surface area (Å²) in [4.78, 5) is 4.18. The summed E-state index contributed by atoms with van der Waals surface area (Å²) in [6.45, 7) is 4.82. The molecule has 1 aromatic rings. The van der Waals surface area contributed by atoms with E-state index in [4.69, 9.17) is 17.3 Å². The molecule has 1 aromatic carbocycles. The summed E-state index contributed by atoms with van der Waals surface area (Å²) in [5, 5.41) is 3.86. The minimum Gasteiger partial charge on any atom is -0.370 e. The Morgan fingerprint density at radius 1 is 1.50 bits per heavy atom. The number of rotatable bonds is 4. The van der Waals surface area contributed by atoms with E-state index in [1.165, 1.54) is 0 Å². The minimum absolute atomic E-state index is 0.0642. The normalized spacial score (nSPS) is 13.6. The maximum absolute atomic E-state index is 6.09. The van der Waals surface area contributed by atoms with Crippen molar-refractivity contribution in [1.82, 2.24) is 5.32 Å². The summed E-state index contributed by atoms with van der Waals surface area (Å²) >= 11 is 6.09. The molecule has 0 amide bonds. The van der Waals surface area contributed by atoms with Gasteiger partial charge in [-0.15, -0.1) is 0 Å². The molecule has 1 rings (SSSR count). The average Bonchev–Trinajstić information content (AvgIpc) is 2.26. The number of aliphatic imine (C=N–C) groups is 1. The summed E-state index contributed by atoms with van der Waals surface area (Å²) in [6.07, 6.45) is 0.989. The SMILES string of the molecule is CCCN=C(N)NC(C)c1ccccc1Cl. The Morgan fingerprint density at radius 2 is 2.19 bits per heavy atom. The van der Waals surface area contributed by atoms with E-state index in [1.807, 2.05) is 31.2 Å². The lowest BCUT2D eigenvalue weighted by Crippen LogP contribution is -2.34. The van der Waals surface area contributed by atoms with Gasteiger partial charge in [0.1, 0.15) is 0 Å². The molecule has 16 heavy (non-hydrogen) atoms. The van der Waals surface area contributed by atoms with Crippen molar-refractivity contribution in [1.29, 1.82) is 0 Å². The minimum atomic E-state index is 0.0642. The monoisotopic (exact) mass is 239 g/mol. The Morgan fingerprint density at radius 3 is 2.81 bits per heavy atom. The molecule has 0 fully saturated rings. The lowest BCUT2D eigenvalue weighted by atomic mass is 10.1. The van der Waals surface area contributed by atoms with E-state index in [2.05, 4.69) is 17.2 Å². The summed E-state index contributed by atoms with van der Waals surface area (Å²) in [6, 6.07) is 7.78. The van der Waals surface area contributed by atoms with E-state index in [9.17, 15) is 0 Å². The second kappa shape index (κ2) is 6.38. The summed E-state index contributed by atoms with van der Waals surface area (Å²) in [7, 11) is 0. The van der Waals surface area contributed by atoms with Crippen LogP contribution in [-0.4, -0.2) is 12.5 Å². The predicted molar refractivity (Wildman–Crippen MR) is 69.8 cm³/mol. The second-order valence-electron chi connectivity index (χ2n) is 3.65. The van der Waals surface area contributed by atoms with Gasteiger partial charge in [0.2, 0.25) is 0 Å². The molecule has 88 valence electrons.